The fourth-order valence-electron chi connectivity index (χ4n) is 2.88. The number of hydrogen-bond donors (Lipinski definition) is 1. The predicted molar refractivity (Wildman–Crippen MR) is 78.0 cm³/mol. The first-order valence-corrected chi connectivity index (χ1v) is 7.77. The van der Waals surface area contributed by atoms with Crippen molar-refractivity contribution in [3.63, 3.8) is 0 Å². The van der Waals surface area contributed by atoms with Crippen molar-refractivity contribution >= 4 is 15.9 Å². The number of hydrogen-bond acceptors (Lipinski definition) is 4. The second kappa shape index (κ2) is 6.31. The zero-order valence-corrected chi connectivity index (χ0v) is 12.6. The average Bonchev–Trinajstić information content (AvgIpc) is 2.88. The summed E-state index contributed by atoms with van der Waals surface area (Å²) < 4.78 is 6.94. The summed E-state index contributed by atoms with van der Waals surface area (Å²) in [5, 5.41) is 3.44. The number of fused-ring (bicyclic) bond motifs is 1. The molecule has 2 unspecified atom stereocenters. The summed E-state index contributed by atoms with van der Waals surface area (Å²) in [7, 11) is 0. The van der Waals surface area contributed by atoms with Gasteiger partial charge in [0.25, 0.3) is 0 Å². The van der Waals surface area contributed by atoms with Gasteiger partial charge in [0, 0.05) is 36.3 Å². The molecule has 0 radical (unpaired) electrons. The van der Waals surface area contributed by atoms with Crippen LogP contribution >= 0.6 is 15.9 Å². The Morgan fingerprint density at radius 2 is 2.42 bits per heavy atom. The normalized spacial score (nSPS) is 27.4. The third kappa shape index (κ3) is 3.54. The molecule has 1 N–H and O–H groups in total. The number of halogens is 1. The Labute approximate surface area is 122 Å². The van der Waals surface area contributed by atoms with E-state index in [1.807, 2.05) is 18.3 Å². The number of morpholine rings is 1. The minimum Gasteiger partial charge on any atom is -0.374 e. The molecule has 1 aromatic heterocycles. The molecule has 0 spiro atoms. The number of pyridine rings is 1. The third-order valence-electron chi connectivity index (χ3n) is 3.93. The SMILES string of the molecule is Brc1ccc(CNCC2CN3CCCC3CO2)nc1. The number of nitrogens with zero attached hydrogens (tertiary/aromatic N) is 2. The van der Waals surface area contributed by atoms with Crippen LogP contribution in [-0.2, 0) is 11.3 Å². The van der Waals surface area contributed by atoms with Crippen LogP contribution in [0.1, 0.15) is 18.5 Å². The van der Waals surface area contributed by atoms with Crippen molar-refractivity contribution in [2.75, 3.05) is 26.2 Å². The smallest absolute Gasteiger partial charge is 0.0827 e. The lowest BCUT2D eigenvalue weighted by molar-refractivity contribution is -0.0470. The van der Waals surface area contributed by atoms with Gasteiger partial charge in [0.2, 0.25) is 0 Å². The molecule has 19 heavy (non-hydrogen) atoms. The van der Waals surface area contributed by atoms with Crippen molar-refractivity contribution in [3.05, 3.63) is 28.5 Å². The van der Waals surface area contributed by atoms with Crippen molar-refractivity contribution in [2.45, 2.75) is 31.5 Å². The van der Waals surface area contributed by atoms with Gasteiger partial charge in [-0.2, -0.15) is 0 Å². The molecule has 2 atom stereocenters. The van der Waals surface area contributed by atoms with Crippen LogP contribution in [0.2, 0.25) is 0 Å². The summed E-state index contributed by atoms with van der Waals surface area (Å²) in [6.07, 6.45) is 4.80. The summed E-state index contributed by atoms with van der Waals surface area (Å²) in [5.74, 6) is 0. The van der Waals surface area contributed by atoms with Crippen LogP contribution in [0.5, 0.6) is 0 Å². The Morgan fingerprint density at radius 3 is 3.26 bits per heavy atom. The molecule has 4 nitrogen and oxygen atoms in total. The van der Waals surface area contributed by atoms with Crippen LogP contribution in [0, 0.1) is 0 Å². The summed E-state index contributed by atoms with van der Waals surface area (Å²) in [4.78, 5) is 6.93. The van der Waals surface area contributed by atoms with E-state index >= 15 is 0 Å². The van der Waals surface area contributed by atoms with Crippen LogP contribution in [0.3, 0.4) is 0 Å². The molecule has 104 valence electrons. The maximum Gasteiger partial charge on any atom is 0.0827 e. The van der Waals surface area contributed by atoms with Gasteiger partial charge in [-0.15, -0.1) is 0 Å². The van der Waals surface area contributed by atoms with Crippen molar-refractivity contribution in [3.8, 4) is 0 Å². The van der Waals surface area contributed by atoms with E-state index in [4.69, 9.17) is 4.74 Å². The number of aromatic nitrogens is 1. The second-order valence-electron chi connectivity index (χ2n) is 5.34. The van der Waals surface area contributed by atoms with Crippen LogP contribution in [0.4, 0.5) is 0 Å². The average molecular weight is 326 g/mol. The van der Waals surface area contributed by atoms with E-state index in [0.717, 1.165) is 36.4 Å². The van der Waals surface area contributed by atoms with E-state index in [1.54, 1.807) is 0 Å². The summed E-state index contributed by atoms with van der Waals surface area (Å²) in [6, 6.07) is 4.75. The quantitative estimate of drug-likeness (QED) is 0.916. The lowest BCUT2D eigenvalue weighted by Gasteiger charge is -2.35. The second-order valence-corrected chi connectivity index (χ2v) is 6.26. The molecule has 5 heteroatoms. The van der Waals surface area contributed by atoms with Gasteiger partial charge < -0.3 is 10.1 Å². The lowest BCUT2D eigenvalue weighted by atomic mass is 10.2. The highest BCUT2D eigenvalue weighted by molar-refractivity contribution is 9.10. The molecule has 0 aliphatic carbocycles. The highest BCUT2D eigenvalue weighted by Crippen LogP contribution is 2.22. The van der Waals surface area contributed by atoms with E-state index < -0.39 is 0 Å². The zero-order chi connectivity index (χ0) is 13.1. The number of nitrogens with one attached hydrogen (secondary N) is 1. The molecule has 0 amide bonds. The maximum absolute atomic E-state index is 5.92. The standard InChI is InChI=1S/C14H20BrN3O/c15-11-3-4-12(17-6-11)7-16-8-14-9-18-5-1-2-13(18)10-19-14/h3-4,6,13-14,16H,1-2,5,7-10H2. The van der Waals surface area contributed by atoms with Gasteiger partial charge in [-0.1, -0.05) is 0 Å². The Bertz CT molecular complexity index is 412. The van der Waals surface area contributed by atoms with Gasteiger partial charge >= 0.3 is 0 Å². The van der Waals surface area contributed by atoms with E-state index in [1.165, 1.54) is 19.4 Å². The molecule has 0 aromatic carbocycles. The molecule has 2 fully saturated rings. The first-order chi connectivity index (χ1) is 9.31. The topological polar surface area (TPSA) is 37.4 Å². The molecule has 0 saturated carbocycles. The summed E-state index contributed by atoms with van der Waals surface area (Å²) in [5.41, 5.74) is 1.07. The molecular formula is C14H20BrN3O. The number of ether oxygens (including phenoxy) is 1. The van der Waals surface area contributed by atoms with Crippen LogP contribution in [0.15, 0.2) is 22.8 Å². The molecule has 1 aromatic rings. The highest BCUT2D eigenvalue weighted by atomic mass is 79.9. The van der Waals surface area contributed by atoms with Gasteiger partial charge in [-0.05, 0) is 47.4 Å². The molecule has 3 rings (SSSR count). The monoisotopic (exact) mass is 325 g/mol. The maximum atomic E-state index is 5.92. The summed E-state index contributed by atoms with van der Waals surface area (Å²) in [6.45, 7) is 4.94. The zero-order valence-electron chi connectivity index (χ0n) is 11.0. The summed E-state index contributed by atoms with van der Waals surface area (Å²) >= 11 is 3.39. The minimum absolute atomic E-state index is 0.324. The van der Waals surface area contributed by atoms with Gasteiger partial charge in [-0.25, -0.2) is 0 Å². The minimum atomic E-state index is 0.324. The van der Waals surface area contributed by atoms with E-state index in [-0.39, 0.29) is 0 Å². The molecule has 3 heterocycles. The van der Waals surface area contributed by atoms with Crippen LogP contribution in [-0.4, -0.2) is 48.3 Å². The van der Waals surface area contributed by atoms with Gasteiger partial charge in [0.1, 0.15) is 0 Å². The molecule has 2 aliphatic rings. The molecule has 0 bridgehead atoms. The van der Waals surface area contributed by atoms with Crippen molar-refractivity contribution < 1.29 is 4.74 Å². The highest BCUT2D eigenvalue weighted by Gasteiger charge is 2.31. The van der Waals surface area contributed by atoms with Gasteiger partial charge in [0.15, 0.2) is 0 Å². The Morgan fingerprint density at radius 1 is 1.47 bits per heavy atom. The first kappa shape index (κ1) is 13.5. The molecule has 2 aliphatic heterocycles. The largest absolute Gasteiger partial charge is 0.374 e. The third-order valence-corrected chi connectivity index (χ3v) is 4.40. The molecule has 2 saturated heterocycles. The lowest BCUT2D eigenvalue weighted by Crippen LogP contribution is -2.49. The van der Waals surface area contributed by atoms with Gasteiger partial charge in [0.05, 0.1) is 18.4 Å². The van der Waals surface area contributed by atoms with Gasteiger partial charge in [-0.3, -0.25) is 9.88 Å². The predicted octanol–water partition coefficient (Wildman–Crippen LogP) is 1.80. The Kier molecular flexibility index (Phi) is 4.48. The van der Waals surface area contributed by atoms with Crippen molar-refractivity contribution in [2.24, 2.45) is 0 Å². The van der Waals surface area contributed by atoms with E-state index in [2.05, 4.69) is 31.1 Å². The molecular weight excluding hydrogens is 306 g/mol. The van der Waals surface area contributed by atoms with Crippen molar-refractivity contribution in [1.82, 2.24) is 15.2 Å². The Hall–Kier alpha value is -0.490. The number of rotatable bonds is 4. The van der Waals surface area contributed by atoms with Crippen molar-refractivity contribution in [1.29, 1.82) is 0 Å². The first-order valence-electron chi connectivity index (χ1n) is 6.98. The van der Waals surface area contributed by atoms with E-state index in [0.29, 0.717) is 12.1 Å². The van der Waals surface area contributed by atoms with Crippen LogP contribution in [0.25, 0.3) is 0 Å². The van der Waals surface area contributed by atoms with Crippen LogP contribution < -0.4 is 5.32 Å². The fraction of sp³-hybridized carbons (Fsp3) is 0.643. The fourth-order valence-corrected chi connectivity index (χ4v) is 3.12. The Balaban J connectivity index is 1.41. The van der Waals surface area contributed by atoms with E-state index in [9.17, 15) is 0 Å².